The van der Waals surface area contributed by atoms with Crippen LogP contribution >= 0.6 is 0 Å². The summed E-state index contributed by atoms with van der Waals surface area (Å²) < 4.78 is 19.2. The molecule has 0 saturated carbocycles. The van der Waals surface area contributed by atoms with E-state index in [2.05, 4.69) is 0 Å². The van der Waals surface area contributed by atoms with Crippen molar-refractivity contribution < 1.29 is 14.2 Å². The van der Waals surface area contributed by atoms with Crippen molar-refractivity contribution in [1.82, 2.24) is 0 Å². The fourth-order valence-corrected chi connectivity index (χ4v) is 2.00. The van der Waals surface area contributed by atoms with E-state index in [0.29, 0.717) is 0 Å². The molecule has 0 aliphatic heterocycles. The molecule has 0 radical (unpaired) electrons. The molecule has 0 saturated heterocycles. The minimum absolute atomic E-state index is 0.170. The molecular formula is C17H19FO2. The van der Waals surface area contributed by atoms with E-state index in [1.165, 1.54) is 6.07 Å². The Morgan fingerprint density at radius 1 is 1.00 bits per heavy atom. The van der Waals surface area contributed by atoms with Crippen LogP contribution in [0.5, 0.6) is 5.75 Å². The fourth-order valence-electron chi connectivity index (χ4n) is 2.00. The summed E-state index contributed by atoms with van der Waals surface area (Å²) in [7, 11) is 0. The molecule has 3 heteroatoms. The SMILES string of the molecule is Cc1ccc(C(O)C(C)Oc2cc(C)ccc2F)cc1. The average molecular weight is 274 g/mol. The largest absolute Gasteiger partial charge is 0.485 e. The lowest BCUT2D eigenvalue weighted by Crippen LogP contribution is -2.22. The zero-order chi connectivity index (χ0) is 14.7. The van der Waals surface area contributed by atoms with Crippen LogP contribution in [0, 0.1) is 19.7 Å². The molecule has 20 heavy (non-hydrogen) atoms. The molecule has 2 unspecified atom stereocenters. The molecule has 0 aliphatic rings. The first kappa shape index (κ1) is 14.5. The van der Waals surface area contributed by atoms with Gasteiger partial charge in [-0.3, -0.25) is 0 Å². The lowest BCUT2D eigenvalue weighted by atomic mass is 10.0. The third kappa shape index (κ3) is 3.36. The Morgan fingerprint density at radius 2 is 1.60 bits per heavy atom. The highest BCUT2D eigenvalue weighted by atomic mass is 19.1. The van der Waals surface area contributed by atoms with Crippen LogP contribution in [-0.4, -0.2) is 11.2 Å². The minimum atomic E-state index is -0.796. The molecule has 2 atom stereocenters. The minimum Gasteiger partial charge on any atom is -0.485 e. The van der Waals surface area contributed by atoms with Crippen LogP contribution in [0.2, 0.25) is 0 Å². The Labute approximate surface area is 118 Å². The number of aliphatic hydroxyl groups excluding tert-OH is 1. The van der Waals surface area contributed by atoms with E-state index in [1.807, 2.05) is 38.1 Å². The van der Waals surface area contributed by atoms with Crippen LogP contribution in [0.1, 0.15) is 29.7 Å². The van der Waals surface area contributed by atoms with Gasteiger partial charge >= 0.3 is 0 Å². The monoisotopic (exact) mass is 274 g/mol. The van der Waals surface area contributed by atoms with Crippen LogP contribution in [0.3, 0.4) is 0 Å². The highest BCUT2D eigenvalue weighted by molar-refractivity contribution is 5.30. The topological polar surface area (TPSA) is 29.5 Å². The van der Waals surface area contributed by atoms with Gasteiger partial charge in [-0.15, -0.1) is 0 Å². The van der Waals surface area contributed by atoms with Crippen molar-refractivity contribution in [2.75, 3.05) is 0 Å². The predicted molar refractivity (Wildman–Crippen MR) is 77.4 cm³/mol. The van der Waals surface area contributed by atoms with Crippen molar-refractivity contribution in [2.45, 2.75) is 33.0 Å². The van der Waals surface area contributed by atoms with Crippen LogP contribution < -0.4 is 4.74 Å². The molecule has 0 aromatic heterocycles. The summed E-state index contributed by atoms with van der Waals surface area (Å²) in [6, 6.07) is 12.3. The number of hydrogen-bond acceptors (Lipinski definition) is 2. The van der Waals surface area contributed by atoms with E-state index in [1.54, 1.807) is 19.1 Å². The van der Waals surface area contributed by atoms with E-state index >= 15 is 0 Å². The standard InChI is InChI=1S/C17H19FO2/c1-11-4-7-14(8-5-11)17(19)13(3)20-16-10-12(2)6-9-15(16)18/h4-10,13,17,19H,1-3H3. The van der Waals surface area contributed by atoms with Gasteiger partial charge in [0, 0.05) is 0 Å². The summed E-state index contributed by atoms with van der Waals surface area (Å²) in [5.74, 6) is -0.248. The first-order valence-electron chi connectivity index (χ1n) is 6.65. The predicted octanol–water partition coefficient (Wildman–Crippen LogP) is 3.94. The van der Waals surface area contributed by atoms with Gasteiger partial charge in [-0.1, -0.05) is 35.9 Å². The highest BCUT2D eigenvalue weighted by Crippen LogP contribution is 2.25. The van der Waals surface area contributed by atoms with Gasteiger partial charge in [0.25, 0.3) is 0 Å². The van der Waals surface area contributed by atoms with Crippen molar-refractivity contribution in [1.29, 1.82) is 0 Å². The van der Waals surface area contributed by atoms with Crippen LogP contribution in [0.25, 0.3) is 0 Å². The number of rotatable bonds is 4. The number of aryl methyl sites for hydroxylation is 2. The Kier molecular flexibility index (Phi) is 4.40. The molecular weight excluding hydrogens is 255 g/mol. The van der Waals surface area contributed by atoms with Crippen molar-refractivity contribution in [3.8, 4) is 5.75 Å². The van der Waals surface area contributed by atoms with Crippen molar-refractivity contribution in [3.63, 3.8) is 0 Å². The summed E-state index contributed by atoms with van der Waals surface area (Å²) in [5, 5.41) is 10.3. The normalized spacial score (nSPS) is 13.8. The van der Waals surface area contributed by atoms with E-state index in [4.69, 9.17) is 4.74 Å². The first-order valence-corrected chi connectivity index (χ1v) is 6.65. The Bertz CT molecular complexity index is 578. The summed E-state index contributed by atoms with van der Waals surface area (Å²) in [6.07, 6.45) is -1.33. The van der Waals surface area contributed by atoms with Gasteiger partial charge in [0.2, 0.25) is 0 Å². The molecule has 2 rings (SSSR count). The van der Waals surface area contributed by atoms with Crippen LogP contribution in [0.4, 0.5) is 4.39 Å². The molecule has 0 bridgehead atoms. The van der Waals surface area contributed by atoms with Crippen molar-refractivity contribution in [2.24, 2.45) is 0 Å². The van der Waals surface area contributed by atoms with E-state index in [9.17, 15) is 9.50 Å². The summed E-state index contributed by atoms with van der Waals surface area (Å²) in [5.41, 5.74) is 2.80. The quantitative estimate of drug-likeness (QED) is 0.915. The Morgan fingerprint density at radius 3 is 2.25 bits per heavy atom. The second-order valence-electron chi connectivity index (χ2n) is 5.11. The van der Waals surface area contributed by atoms with Crippen molar-refractivity contribution >= 4 is 0 Å². The molecule has 0 fully saturated rings. The lowest BCUT2D eigenvalue weighted by molar-refractivity contribution is 0.0444. The molecule has 2 nitrogen and oxygen atoms in total. The molecule has 0 amide bonds. The van der Waals surface area contributed by atoms with Crippen molar-refractivity contribution in [3.05, 3.63) is 65.0 Å². The smallest absolute Gasteiger partial charge is 0.165 e. The zero-order valence-electron chi connectivity index (χ0n) is 11.9. The number of benzene rings is 2. The molecule has 0 heterocycles. The Balaban J connectivity index is 2.13. The zero-order valence-corrected chi connectivity index (χ0v) is 11.9. The van der Waals surface area contributed by atoms with Crippen LogP contribution in [-0.2, 0) is 0 Å². The van der Waals surface area contributed by atoms with E-state index in [-0.39, 0.29) is 5.75 Å². The van der Waals surface area contributed by atoms with Gasteiger partial charge in [-0.25, -0.2) is 4.39 Å². The molecule has 106 valence electrons. The fraction of sp³-hybridized carbons (Fsp3) is 0.294. The molecule has 1 N–H and O–H groups in total. The Hall–Kier alpha value is -1.87. The number of hydrogen-bond donors (Lipinski definition) is 1. The third-order valence-electron chi connectivity index (χ3n) is 3.26. The molecule has 2 aromatic carbocycles. The molecule has 0 aliphatic carbocycles. The number of aliphatic hydroxyl groups is 1. The second kappa shape index (κ2) is 6.06. The summed E-state index contributed by atoms with van der Waals surface area (Å²) in [4.78, 5) is 0. The molecule has 0 spiro atoms. The number of ether oxygens (including phenoxy) is 1. The third-order valence-corrected chi connectivity index (χ3v) is 3.26. The van der Waals surface area contributed by atoms with Gasteiger partial charge in [0.1, 0.15) is 12.2 Å². The van der Waals surface area contributed by atoms with Gasteiger partial charge in [-0.2, -0.15) is 0 Å². The highest BCUT2D eigenvalue weighted by Gasteiger charge is 2.19. The van der Waals surface area contributed by atoms with Gasteiger partial charge in [0.05, 0.1) is 0 Å². The van der Waals surface area contributed by atoms with Gasteiger partial charge in [-0.05, 0) is 44.0 Å². The summed E-state index contributed by atoms with van der Waals surface area (Å²) >= 11 is 0. The maximum atomic E-state index is 13.6. The maximum Gasteiger partial charge on any atom is 0.165 e. The maximum absolute atomic E-state index is 13.6. The van der Waals surface area contributed by atoms with Crippen LogP contribution in [0.15, 0.2) is 42.5 Å². The van der Waals surface area contributed by atoms with E-state index in [0.717, 1.165) is 16.7 Å². The number of halogens is 1. The van der Waals surface area contributed by atoms with Gasteiger partial charge < -0.3 is 9.84 Å². The van der Waals surface area contributed by atoms with Gasteiger partial charge in [0.15, 0.2) is 11.6 Å². The first-order chi connectivity index (χ1) is 9.47. The second-order valence-corrected chi connectivity index (χ2v) is 5.11. The lowest BCUT2D eigenvalue weighted by Gasteiger charge is -2.21. The summed E-state index contributed by atoms with van der Waals surface area (Å²) in [6.45, 7) is 5.58. The van der Waals surface area contributed by atoms with E-state index < -0.39 is 18.0 Å². The average Bonchev–Trinajstić information content (AvgIpc) is 2.43. The molecule has 2 aromatic rings.